The van der Waals surface area contributed by atoms with Crippen molar-refractivity contribution in [3.05, 3.63) is 112 Å². The summed E-state index contributed by atoms with van der Waals surface area (Å²) in [6.45, 7) is 4.27. The van der Waals surface area contributed by atoms with Crippen LogP contribution in [0.2, 0.25) is 0 Å². The highest BCUT2D eigenvalue weighted by atomic mass is 32.2. The minimum atomic E-state index is -4.03. The molecule has 1 unspecified atom stereocenters. The van der Waals surface area contributed by atoms with Gasteiger partial charge in [-0.1, -0.05) is 6.92 Å². The topological polar surface area (TPSA) is 211 Å². The van der Waals surface area contributed by atoms with Crippen LogP contribution >= 0.6 is 0 Å². The molecule has 1 saturated carbocycles. The molecule has 1 aromatic heterocycles. The Kier molecular flexibility index (Phi) is 11.8. The Morgan fingerprint density at radius 3 is 2.38 bits per heavy atom. The number of hydrogen-bond acceptors (Lipinski definition) is 12. The highest BCUT2D eigenvalue weighted by Crippen LogP contribution is 2.55. The van der Waals surface area contributed by atoms with Gasteiger partial charge in [-0.05, 0) is 92.1 Å². The third-order valence-corrected chi connectivity index (χ3v) is 14.5. The van der Waals surface area contributed by atoms with Crippen LogP contribution in [0.3, 0.4) is 0 Å². The van der Waals surface area contributed by atoms with Gasteiger partial charge in [0, 0.05) is 87.0 Å². The first-order chi connectivity index (χ1) is 31.7. The lowest BCUT2D eigenvalue weighted by Crippen LogP contribution is -2.47. The third-order valence-electron chi connectivity index (χ3n) is 13.0. The summed E-state index contributed by atoms with van der Waals surface area (Å²) < 4.78 is 66.4. The summed E-state index contributed by atoms with van der Waals surface area (Å²) in [7, 11) is -2.67. The third kappa shape index (κ3) is 8.70. The molecule has 0 bridgehead atoms. The Morgan fingerprint density at radius 1 is 0.955 bits per heavy atom. The van der Waals surface area contributed by atoms with Gasteiger partial charge >= 0.3 is 10.2 Å². The zero-order chi connectivity index (χ0) is 46.4. The van der Waals surface area contributed by atoms with Gasteiger partial charge in [-0.25, -0.2) is 13.8 Å². The molecule has 4 heterocycles. The van der Waals surface area contributed by atoms with Gasteiger partial charge in [-0.3, -0.25) is 33.8 Å². The van der Waals surface area contributed by atoms with E-state index in [0.29, 0.717) is 67.9 Å². The monoisotopic (exact) mass is 920 g/mol. The van der Waals surface area contributed by atoms with Gasteiger partial charge < -0.3 is 25.2 Å². The summed E-state index contributed by atoms with van der Waals surface area (Å²) in [6, 6.07) is 19.8. The van der Waals surface area contributed by atoms with Crippen LogP contribution in [0.4, 0.5) is 31.5 Å². The van der Waals surface area contributed by atoms with E-state index in [-0.39, 0.29) is 76.6 Å². The van der Waals surface area contributed by atoms with Crippen molar-refractivity contribution in [3.63, 3.8) is 0 Å². The predicted octanol–water partition coefficient (Wildman–Crippen LogP) is 4.87. The van der Waals surface area contributed by atoms with E-state index in [9.17, 15) is 32.9 Å². The minimum Gasteiger partial charge on any atom is -0.453 e. The van der Waals surface area contributed by atoms with Crippen LogP contribution in [0, 0.1) is 34.8 Å². The van der Waals surface area contributed by atoms with Crippen LogP contribution < -0.4 is 40.8 Å². The summed E-state index contributed by atoms with van der Waals surface area (Å²) in [4.78, 5) is 59.4. The number of imide groups is 1. The average Bonchev–Trinajstić information content (AvgIpc) is 3.78. The van der Waals surface area contributed by atoms with Gasteiger partial charge in [0.25, 0.3) is 11.5 Å². The number of nitrogens with one attached hydrogen (secondary N) is 4. The van der Waals surface area contributed by atoms with Crippen molar-refractivity contribution in [1.82, 2.24) is 24.5 Å². The molecule has 20 heteroatoms. The number of piperidine rings is 3. The number of halogens is 2. The summed E-state index contributed by atoms with van der Waals surface area (Å²) in [5, 5.41) is 18.6. The molecule has 3 aliphatic heterocycles. The van der Waals surface area contributed by atoms with Crippen LogP contribution in [0.15, 0.2) is 83.9 Å². The maximum absolute atomic E-state index is 15.2. The number of aromatic nitrogens is 2. The van der Waals surface area contributed by atoms with Crippen LogP contribution in [0.5, 0.6) is 11.5 Å². The Hall–Kier alpha value is -7.11. The number of fused-ring (bicyclic) bond motifs is 2. The molecule has 4 fully saturated rings. The molecule has 4 aromatic carbocycles. The van der Waals surface area contributed by atoms with Gasteiger partial charge in [-0.2, -0.15) is 18.0 Å². The first-order valence-corrected chi connectivity index (χ1v) is 23.1. The number of anilines is 4. The zero-order valence-corrected chi connectivity index (χ0v) is 36.8. The van der Waals surface area contributed by atoms with Crippen molar-refractivity contribution in [2.45, 2.75) is 50.7 Å². The molecule has 66 heavy (non-hydrogen) atoms. The van der Waals surface area contributed by atoms with Crippen molar-refractivity contribution in [2.24, 2.45) is 11.8 Å². The van der Waals surface area contributed by atoms with E-state index < -0.39 is 39.5 Å². The second-order valence-electron chi connectivity index (χ2n) is 17.0. The highest BCUT2D eigenvalue weighted by molar-refractivity contribution is 7.90. The fourth-order valence-corrected chi connectivity index (χ4v) is 10.1. The Labute approximate surface area is 378 Å². The Bertz CT molecular complexity index is 2960. The Balaban J connectivity index is 0.783. The SMILES string of the molecule is CCN(C)S(=O)(=O)Nc1ccc(F)c(Oc2ccc3ncn([C@H]4[C@@H]5CN(c6ccc(C(=O)NC7CCN(c8ccc(NC9CCC(=O)NC9=O)cc8F)CC7)cc6)C[C@@H]54)c(=O)c3c2)c1C#N. The van der Waals surface area contributed by atoms with E-state index in [4.69, 9.17) is 4.74 Å². The molecule has 4 atom stereocenters. The van der Waals surface area contributed by atoms with Crippen molar-refractivity contribution >= 4 is 61.6 Å². The lowest BCUT2D eigenvalue weighted by atomic mass is 10.0. The van der Waals surface area contributed by atoms with Crippen molar-refractivity contribution in [2.75, 3.05) is 59.6 Å². The maximum Gasteiger partial charge on any atom is 0.301 e. The number of rotatable bonds is 13. The van der Waals surface area contributed by atoms with Crippen molar-refractivity contribution in [1.29, 1.82) is 5.26 Å². The lowest BCUT2D eigenvalue weighted by molar-refractivity contribution is -0.133. The molecule has 0 spiro atoms. The van der Waals surface area contributed by atoms with E-state index >= 15 is 8.78 Å². The number of hydrogen-bond donors (Lipinski definition) is 4. The van der Waals surface area contributed by atoms with Crippen LogP contribution in [0.25, 0.3) is 10.9 Å². The van der Waals surface area contributed by atoms with Gasteiger partial charge in [-0.15, -0.1) is 0 Å². The van der Waals surface area contributed by atoms with E-state index in [0.717, 1.165) is 22.1 Å². The zero-order valence-electron chi connectivity index (χ0n) is 36.0. The molecule has 9 rings (SSSR count). The summed E-state index contributed by atoms with van der Waals surface area (Å²) >= 11 is 0. The second-order valence-corrected chi connectivity index (χ2v) is 18.8. The van der Waals surface area contributed by atoms with Crippen molar-refractivity contribution < 1.29 is 36.3 Å². The van der Waals surface area contributed by atoms with Gasteiger partial charge in [0.2, 0.25) is 11.8 Å². The number of ether oxygens (including phenoxy) is 1. The number of nitriles is 1. The molecular formula is C46H46F2N10O7S. The van der Waals surface area contributed by atoms with Crippen LogP contribution in [-0.2, 0) is 19.8 Å². The van der Waals surface area contributed by atoms with E-state index in [1.807, 2.05) is 23.1 Å². The molecule has 5 aromatic rings. The first-order valence-electron chi connectivity index (χ1n) is 21.7. The van der Waals surface area contributed by atoms with Gasteiger partial charge in [0.05, 0.1) is 28.6 Å². The fourth-order valence-electron chi connectivity index (χ4n) is 9.11. The standard InChI is InChI=1S/C46H46F2N10O7S/c1-3-55(2)66(63,64)54-38-12-10-35(47)43(32(38)22-49)65-30-9-11-37-31(21-30)46(62)58(25-50-37)42-33-23-57(24-34(33)42)29-7-4-26(5-8-29)44(60)52-27-16-18-56(19-17-27)40-14-6-28(20-36(40)48)51-39-13-15-41(59)53-45(39)61/h4-12,14,20-21,25,27,33-34,39,42,51,54H,3,13,15-19,23-24H2,1-2H3,(H,52,60)(H,53,59,61)/t33-,34+,39?,42+. The summed E-state index contributed by atoms with van der Waals surface area (Å²) in [5.74, 6) is -2.33. The number of amides is 3. The second kappa shape index (κ2) is 17.7. The van der Waals surface area contributed by atoms with Crippen molar-refractivity contribution in [3.8, 4) is 17.6 Å². The molecule has 4 N–H and O–H groups in total. The van der Waals surface area contributed by atoms with E-state index in [1.165, 1.54) is 31.6 Å². The summed E-state index contributed by atoms with van der Waals surface area (Å²) in [5.41, 5.74) is 1.95. The Morgan fingerprint density at radius 2 is 1.70 bits per heavy atom. The molecule has 17 nitrogen and oxygen atoms in total. The number of carbonyl (C=O) groups is 3. The molecule has 0 radical (unpaired) electrons. The molecule has 3 amide bonds. The van der Waals surface area contributed by atoms with E-state index in [2.05, 4.69) is 30.6 Å². The lowest BCUT2D eigenvalue weighted by Gasteiger charge is -2.34. The quantitative estimate of drug-likeness (QED) is 0.117. The molecule has 4 aliphatic rings. The normalized spacial score (nSPS) is 20.7. The minimum absolute atomic E-state index is 0.0591. The summed E-state index contributed by atoms with van der Waals surface area (Å²) in [6.07, 6.45) is 3.35. The molecule has 1 aliphatic carbocycles. The van der Waals surface area contributed by atoms with Gasteiger partial charge in [0.15, 0.2) is 11.6 Å². The number of carbonyl (C=O) groups excluding carboxylic acids is 3. The van der Waals surface area contributed by atoms with Crippen LogP contribution in [-0.4, -0.2) is 91.9 Å². The van der Waals surface area contributed by atoms with E-state index in [1.54, 1.807) is 41.8 Å². The molecule has 3 saturated heterocycles. The average molecular weight is 921 g/mol. The maximum atomic E-state index is 15.2. The first kappa shape index (κ1) is 44.1. The molecular weight excluding hydrogens is 875 g/mol. The number of benzene rings is 4. The largest absolute Gasteiger partial charge is 0.453 e. The fraction of sp³-hybridized carbons (Fsp3) is 0.348. The van der Waals surface area contributed by atoms with Gasteiger partial charge in [0.1, 0.15) is 29.2 Å². The van der Waals surface area contributed by atoms with Crippen LogP contribution in [0.1, 0.15) is 54.6 Å². The highest BCUT2D eigenvalue weighted by Gasteiger charge is 2.57. The molecule has 342 valence electrons. The predicted molar refractivity (Wildman–Crippen MR) is 242 cm³/mol. The smallest absolute Gasteiger partial charge is 0.301 e. The number of nitrogens with zero attached hydrogens (tertiary/aromatic N) is 6.